The zero-order chi connectivity index (χ0) is 21.9. The second-order valence-corrected chi connectivity index (χ2v) is 9.27. The largest absolute Gasteiger partial charge is 0.397 e. The van der Waals surface area contributed by atoms with Crippen molar-refractivity contribution < 1.29 is 4.79 Å². The Bertz CT molecular complexity index is 1210. The van der Waals surface area contributed by atoms with Crippen LogP contribution in [-0.4, -0.2) is 34.9 Å². The van der Waals surface area contributed by atoms with Crippen LogP contribution < -0.4 is 11.1 Å². The second kappa shape index (κ2) is 9.10. The number of piperidine rings is 1. The van der Waals surface area contributed by atoms with Crippen LogP contribution in [-0.2, 0) is 6.54 Å². The summed E-state index contributed by atoms with van der Waals surface area (Å²) in [7, 11) is 0. The molecule has 5 rings (SSSR count). The number of amides is 1. The van der Waals surface area contributed by atoms with E-state index in [1.807, 2.05) is 48.5 Å². The molecule has 162 valence electrons. The van der Waals surface area contributed by atoms with Crippen LogP contribution in [0.4, 0.5) is 5.69 Å². The molecule has 0 unspecified atom stereocenters. The number of pyridine rings is 1. The van der Waals surface area contributed by atoms with Crippen molar-refractivity contribution in [2.45, 2.75) is 25.4 Å². The molecule has 0 bridgehead atoms. The van der Waals surface area contributed by atoms with Crippen LogP contribution in [0.2, 0.25) is 0 Å². The molecule has 1 aliphatic heterocycles. The number of hydrogen-bond donors (Lipinski definition) is 2. The summed E-state index contributed by atoms with van der Waals surface area (Å²) >= 11 is 1.37. The summed E-state index contributed by atoms with van der Waals surface area (Å²) in [5.41, 5.74) is 10.1. The first kappa shape index (κ1) is 20.7. The molecule has 1 fully saturated rings. The number of fused-ring (bicyclic) bond motifs is 1. The zero-order valence-corrected chi connectivity index (χ0v) is 18.6. The molecular formula is C26H26N4OS. The zero-order valence-electron chi connectivity index (χ0n) is 17.8. The maximum Gasteiger partial charge on any atom is 0.263 e. The van der Waals surface area contributed by atoms with Gasteiger partial charge in [-0.2, -0.15) is 0 Å². The average Bonchev–Trinajstić information content (AvgIpc) is 3.17. The molecule has 32 heavy (non-hydrogen) atoms. The van der Waals surface area contributed by atoms with E-state index in [4.69, 9.17) is 10.7 Å². The molecule has 0 radical (unpaired) electrons. The summed E-state index contributed by atoms with van der Waals surface area (Å²) in [4.78, 5) is 21.6. The molecule has 2 aromatic heterocycles. The molecule has 4 aromatic rings. The lowest BCUT2D eigenvalue weighted by molar-refractivity contribution is 0.0914. The quantitative estimate of drug-likeness (QED) is 0.459. The maximum absolute atomic E-state index is 13.0. The number of nitrogens with zero attached hydrogens (tertiary/aromatic N) is 2. The van der Waals surface area contributed by atoms with Gasteiger partial charge in [0.2, 0.25) is 0 Å². The lowest BCUT2D eigenvalue weighted by Gasteiger charge is -2.32. The lowest BCUT2D eigenvalue weighted by atomic mass is 10.0. The van der Waals surface area contributed by atoms with E-state index in [0.717, 1.165) is 53.9 Å². The fourth-order valence-electron chi connectivity index (χ4n) is 4.26. The molecule has 3 N–H and O–H groups in total. The van der Waals surface area contributed by atoms with Crippen molar-refractivity contribution in [2.24, 2.45) is 0 Å². The Morgan fingerprint density at radius 2 is 1.69 bits per heavy atom. The number of likely N-dealkylation sites (tertiary alicyclic amines) is 1. The summed E-state index contributed by atoms with van der Waals surface area (Å²) in [6, 6.07) is 24.7. The van der Waals surface area contributed by atoms with Crippen molar-refractivity contribution in [1.82, 2.24) is 15.2 Å². The minimum Gasteiger partial charge on any atom is -0.397 e. The molecule has 0 spiro atoms. The Labute approximate surface area is 191 Å². The third kappa shape index (κ3) is 4.38. The van der Waals surface area contributed by atoms with E-state index in [1.54, 1.807) is 0 Å². The number of rotatable bonds is 5. The van der Waals surface area contributed by atoms with Gasteiger partial charge in [-0.15, -0.1) is 11.3 Å². The molecule has 3 heterocycles. The van der Waals surface area contributed by atoms with Gasteiger partial charge in [-0.3, -0.25) is 9.69 Å². The molecule has 0 saturated carbocycles. The van der Waals surface area contributed by atoms with Crippen molar-refractivity contribution in [2.75, 3.05) is 18.8 Å². The minimum atomic E-state index is -0.0896. The Balaban J connectivity index is 1.24. The molecule has 1 saturated heterocycles. The normalized spacial score (nSPS) is 15.1. The third-order valence-corrected chi connectivity index (χ3v) is 7.16. The van der Waals surface area contributed by atoms with Crippen LogP contribution in [0.1, 0.15) is 28.1 Å². The predicted octanol–water partition coefficient (Wildman–Crippen LogP) is 4.94. The third-order valence-electron chi connectivity index (χ3n) is 6.04. The van der Waals surface area contributed by atoms with Crippen LogP contribution in [0.3, 0.4) is 0 Å². The molecule has 1 aliphatic rings. The highest BCUT2D eigenvalue weighted by Crippen LogP contribution is 2.34. The van der Waals surface area contributed by atoms with Crippen LogP contribution >= 0.6 is 11.3 Å². The van der Waals surface area contributed by atoms with Crippen LogP contribution in [0.5, 0.6) is 0 Å². The number of carbonyl (C=O) groups excluding carboxylic acids is 1. The molecule has 1 amide bonds. The summed E-state index contributed by atoms with van der Waals surface area (Å²) in [6.07, 6.45) is 1.89. The molecule has 5 nitrogen and oxygen atoms in total. The van der Waals surface area contributed by atoms with E-state index < -0.39 is 0 Å². The van der Waals surface area contributed by atoms with Gasteiger partial charge in [0, 0.05) is 36.6 Å². The summed E-state index contributed by atoms with van der Waals surface area (Å²) in [6.45, 7) is 2.91. The summed E-state index contributed by atoms with van der Waals surface area (Å²) in [5, 5.41) is 4.05. The highest BCUT2D eigenvalue weighted by atomic mass is 32.1. The van der Waals surface area contributed by atoms with E-state index in [-0.39, 0.29) is 11.9 Å². The van der Waals surface area contributed by atoms with E-state index in [0.29, 0.717) is 10.6 Å². The van der Waals surface area contributed by atoms with E-state index in [2.05, 4.69) is 34.5 Å². The number of hydrogen-bond acceptors (Lipinski definition) is 5. The molecule has 0 atom stereocenters. The van der Waals surface area contributed by atoms with Crippen molar-refractivity contribution in [3.8, 4) is 11.3 Å². The molecular weight excluding hydrogens is 416 g/mol. The van der Waals surface area contributed by atoms with Gasteiger partial charge in [-0.25, -0.2) is 4.98 Å². The number of nitrogen functional groups attached to an aromatic ring is 1. The van der Waals surface area contributed by atoms with Gasteiger partial charge in [0.15, 0.2) is 0 Å². The number of nitrogens with one attached hydrogen (secondary N) is 1. The van der Waals surface area contributed by atoms with E-state index >= 15 is 0 Å². The Kier molecular flexibility index (Phi) is 5.88. The maximum atomic E-state index is 13.0. The molecule has 2 aromatic carbocycles. The number of anilines is 1. The van der Waals surface area contributed by atoms with E-state index in [1.165, 1.54) is 16.9 Å². The van der Waals surface area contributed by atoms with Gasteiger partial charge in [-0.05, 0) is 30.5 Å². The second-order valence-electron chi connectivity index (χ2n) is 8.27. The van der Waals surface area contributed by atoms with E-state index in [9.17, 15) is 4.79 Å². The predicted molar refractivity (Wildman–Crippen MR) is 132 cm³/mol. The number of nitrogens with two attached hydrogens (primary N) is 1. The van der Waals surface area contributed by atoms with Gasteiger partial charge in [0.25, 0.3) is 5.91 Å². The van der Waals surface area contributed by atoms with Crippen LogP contribution in [0.15, 0.2) is 72.8 Å². The Morgan fingerprint density at radius 1 is 1.00 bits per heavy atom. The molecule has 0 aliphatic carbocycles. The number of aromatic nitrogens is 1. The van der Waals surface area contributed by atoms with Crippen molar-refractivity contribution in [3.05, 3.63) is 83.2 Å². The Morgan fingerprint density at radius 3 is 2.41 bits per heavy atom. The minimum absolute atomic E-state index is 0.0896. The van der Waals surface area contributed by atoms with Gasteiger partial charge in [0.05, 0.1) is 11.4 Å². The van der Waals surface area contributed by atoms with Crippen LogP contribution in [0.25, 0.3) is 21.5 Å². The SMILES string of the molecule is Nc1c(C(=O)NC2CCN(Cc3ccccc3)CC2)sc2nc(-c3ccccc3)ccc12. The van der Waals surface area contributed by atoms with Crippen LogP contribution in [0, 0.1) is 0 Å². The molecule has 6 heteroatoms. The van der Waals surface area contributed by atoms with Gasteiger partial charge < -0.3 is 11.1 Å². The lowest BCUT2D eigenvalue weighted by Crippen LogP contribution is -2.44. The van der Waals surface area contributed by atoms with Gasteiger partial charge in [-0.1, -0.05) is 60.7 Å². The fraction of sp³-hybridized carbons (Fsp3) is 0.231. The first-order chi connectivity index (χ1) is 15.7. The smallest absolute Gasteiger partial charge is 0.263 e. The first-order valence-corrected chi connectivity index (χ1v) is 11.8. The summed E-state index contributed by atoms with van der Waals surface area (Å²) < 4.78 is 0. The topological polar surface area (TPSA) is 71.2 Å². The van der Waals surface area contributed by atoms with Crippen molar-refractivity contribution in [3.63, 3.8) is 0 Å². The highest BCUT2D eigenvalue weighted by molar-refractivity contribution is 7.21. The van der Waals surface area contributed by atoms with Gasteiger partial charge in [0.1, 0.15) is 9.71 Å². The summed E-state index contributed by atoms with van der Waals surface area (Å²) in [5.74, 6) is -0.0896. The monoisotopic (exact) mass is 442 g/mol. The fourth-order valence-corrected chi connectivity index (χ4v) is 5.26. The average molecular weight is 443 g/mol. The first-order valence-electron chi connectivity index (χ1n) is 11.0. The number of benzene rings is 2. The standard InChI is InChI=1S/C26H26N4OS/c27-23-21-11-12-22(19-9-5-2-6-10-19)29-26(21)32-24(23)25(31)28-20-13-15-30(16-14-20)17-18-7-3-1-4-8-18/h1-12,20H,13-17,27H2,(H,28,31). The Hall–Kier alpha value is -3.22. The van der Waals surface area contributed by atoms with Gasteiger partial charge >= 0.3 is 0 Å². The highest BCUT2D eigenvalue weighted by Gasteiger charge is 2.24. The van der Waals surface area contributed by atoms with Crippen molar-refractivity contribution in [1.29, 1.82) is 0 Å². The number of thiophene rings is 1. The van der Waals surface area contributed by atoms with Crippen molar-refractivity contribution >= 4 is 33.1 Å². The number of carbonyl (C=O) groups is 1.